The first-order valence-corrected chi connectivity index (χ1v) is 4.15. The topological polar surface area (TPSA) is 77.8 Å². The number of benzene rings is 1. The Kier molecular flexibility index (Phi) is 2.88. The highest BCUT2D eigenvalue weighted by Crippen LogP contribution is 2.25. The van der Waals surface area contributed by atoms with Crippen LogP contribution in [-0.4, -0.2) is 26.9 Å². The van der Waals surface area contributed by atoms with Crippen LogP contribution in [0.4, 0.5) is 0 Å². The summed E-state index contributed by atoms with van der Waals surface area (Å²) in [5.41, 5.74) is -1.79. The van der Waals surface area contributed by atoms with Crippen molar-refractivity contribution in [2.45, 2.75) is 18.6 Å². The fourth-order valence-corrected chi connectivity index (χ4v) is 1.08. The van der Waals surface area contributed by atoms with Gasteiger partial charge in [-0.1, -0.05) is 30.3 Å². The molecule has 0 aromatic heterocycles. The summed E-state index contributed by atoms with van der Waals surface area (Å²) < 4.78 is 0. The molecule has 1 aromatic rings. The van der Waals surface area contributed by atoms with E-state index in [4.69, 9.17) is 5.11 Å². The molecule has 4 nitrogen and oxygen atoms in total. The van der Waals surface area contributed by atoms with Gasteiger partial charge in [-0.15, -0.1) is 0 Å². The largest absolute Gasteiger partial charge is 0.479 e. The van der Waals surface area contributed by atoms with Crippen LogP contribution in [0.5, 0.6) is 0 Å². The van der Waals surface area contributed by atoms with Crippen molar-refractivity contribution < 1.29 is 20.1 Å². The molecule has 0 bridgehead atoms. The van der Waals surface area contributed by atoms with E-state index < -0.39 is 17.7 Å². The average molecular weight is 196 g/mol. The number of hydrogen-bond acceptors (Lipinski definition) is 3. The number of carboxylic acids is 1. The van der Waals surface area contributed by atoms with Crippen LogP contribution in [-0.2, 0) is 4.79 Å². The molecule has 3 N–H and O–H groups in total. The maximum absolute atomic E-state index is 10.6. The van der Waals surface area contributed by atoms with Crippen LogP contribution in [0, 0.1) is 0 Å². The zero-order chi connectivity index (χ0) is 10.8. The number of rotatable bonds is 3. The maximum Gasteiger partial charge on any atom is 0.338 e. The standard InChI is InChI=1S/C10H12O4/c1-10(14,9(12)13)8(11)7-5-3-2-4-6-7/h2-6,8,11,14H,1H3,(H,12,13)/t8-,10?/m1/s1. The van der Waals surface area contributed by atoms with E-state index in [2.05, 4.69) is 0 Å². The average Bonchev–Trinajstić information content (AvgIpc) is 2.17. The normalized spacial score (nSPS) is 17.1. The van der Waals surface area contributed by atoms with Crippen LogP contribution in [0.3, 0.4) is 0 Å². The van der Waals surface area contributed by atoms with Crippen LogP contribution >= 0.6 is 0 Å². The molecule has 0 spiro atoms. The molecule has 2 atom stereocenters. The smallest absolute Gasteiger partial charge is 0.338 e. The summed E-state index contributed by atoms with van der Waals surface area (Å²) in [4.78, 5) is 10.6. The Bertz CT molecular complexity index is 318. The molecule has 1 aromatic carbocycles. The van der Waals surface area contributed by atoms with Crippen LogP contribution in [0.15, 0.2) is 30.3 Å². The fourth-order valence-electron chi connectivity index (χ4n) is 1.08. The van der Waals surface area contributed by atoms with Gasteiger partial charge in [0.25, 0.3) is 0 Å². The molecule has 0 fully saturated rings. The second-order valence-corrected chi connectivity index (χ2v) is 3.27. The SMILES string of the molecule is CC(O)(C(=O)O)[C@H](O)c1ccccc1. The first kappa shape index (κ1) is 10.7. The molecule has 0 aliphatic rings. The van der Waals surface area contributed by atoms with Crippen molar-refractivity contribution in [3.63, 3.8) is 0 Å². The molecule has 76 valence electrons. The molecule has 0 aliphatic heterocycles. The van der Waals surface area contributed by atoms with Crippen molar-refractivity contribution >= 4 is 5.97 Å². The molecule has 0 saturated heterocycles. The van der Waals surface area contributed by atoms with Gasteiger partial charge in [-0.25, -0.2) is 4.79 Å². The third-order valence-electron chi connectivity index (χ3n) is 2.08. The Hall–Kier alpha value is -1.39. The summed E-state index contributed by atoms with van der Waals surface area (Å²) in [6.45, 7) is 1.06. The first-order chi connectivity index (χ1) is 6.46. The van der Waals surface area contributed by atoms with E-state index in [0.717, 1.165) is 6.92 Å². The van der Waals surface area contributed by atoms with Crippen molar-refractivity contribution in [2.24, 2.45) is 0 Å². The fraction of sp³-hybridized carbons (Fsp3) is 0.300. The molecule has 0 heterocycles. The maximum atomic E-state index is 10.6. The summed E-state index contributed by atoms with van der Waals surface area (Å²) in [5.74, 6) is -1.45. The zero-order valence-corrected chi connectivity index (χ0v) is 7.71. The molecule has 14 heavy (non-hydrogen) atoms. The number of aliphatic hydroxyl groups excluding tert-OH is 1. The van der Waals surface area contributed by atoms with Crippen LogP contribution in [0.2, 0.25) is 0 Å². The van der Waals surface area contributed by atoms with E-state index in [9.17, 15) is 15.0 Å². The minimum absolute atomic E-state index is 0.375. The summed E-state index contributed by atoms with van der Waals surface area (Å²) in [6, 6.07) is 8.18. The second-order valence-electron chi connectivity index (χ2n) is 3.27. The minimum atomic E-state index is -2.17. The highest BCUT2D eigenvalue weighted by atomic mass is 16.4. The molecular weight excluding hydrogens is 184 g/mol. The van der Waals surface area contributed by atoms with Crippen molar-refractivity contribution in [3.8, 4) is 0 Å². The highest BCUT2D eigenvalue weighted by Gasteiger charge is 2.39. The lowest BCUT2D eigenvalue weighted by molar-refractivity contribution is -0.169. The lowest BCUT2D eigenvalue weighted by atomic mass is 9.93. The van der Waals surface area contributed by atoms with Crippen LogP contribution in [0.25, 0.3) is 0 Å². The van der Waals surface area contributed by atoms with Gasteiger partial charge in [-0.05, 0) is 12.5 Å². The lowest BCUT2D eigenvalue weighted by Crippen LogP contribution is -2.41. The number of aliphatic hydroxyl groups is 2. The minimum Gasteiger partial charge on any atom is -0.479 e. The number of carboxylic acid groups (broad SMARTS) is 1. The lowest BCUT2D eigenvalue weighted by Gasteiger charge is -2.24. The molecule has 0 amide bonds. The Morgan fingerprint density at radius 2 is 1.86 bits per heavy atom. The van der Waals surface area contributed by atoms with Crippen molar-refractivity contribution in [1.29, 1.82) is 0 Å². The van der Waals surface area contributed by atoms with Gasteiger partial charge in [0, 0.05) is 0 Å². The predicted molar refractivity (Wildman–Crippen MR) is 49.7 cm³/mol. The van der Waals surface area contributed by atoms with Crippen molar-refractivity contribution in [3.05, 3.63) is 35.9 Å². The molecule has 4 heteroatoms. The third kappa shape index (κ3) is 1.92. The van der Waals surface area contributed by atoms with Gasteiger partial charge in [0.1, 0.15) is 6.10 Å². The molecule has 1 rings (SSSR count). The Morgan fingerprint density at radius 1 is 1.36 bits per heavy atom. The van der Waals surface area contributed by atoms with Crippen molar-refractivity contribution in [1.82, 2.24) is 0 Å². The molecule has 0 aliphatic carbocycles. The van der Waals surface area contributed by atoms with Gasteiger partial charge in [0.2, 0.25) is 0 Å². The summed E-state index contributed by atoms with van der Waals surface area (Å²) in [5, 5.41) is 27.7. The van der Waals surface area contributed by atoms with E-state index >= 15 is 0 Å². The second kappa shape index (κ2) is 3.77. The van der Waals surface area contributed by atoms with E-state index in [1.165, 1.54) is 0 Å². The summed E-state index contributed by atoms with van der Waals surface area (Å²) in [7, 11) is 0. The van der Waals surface area contributed by atoms with E-state index in [1.807, 2.05) is 0 Å². The van der Waals surface area contributed by atoms with Gasteiger partial charge < -0.3 is 15.3 Å². The molecular formula is C10H12O4. The predicted octanol–water partition coefficient (Wildman–Crippen LogP) is 0.556. The third-order valence-corrected chi connectivity index (χ3v) is 2.08. The Balaban J connectivity index is 2.96. The number of aliphatic carboxylic acids is 1. The number of hydrogen-bond donors (Lipinski definition) is 3. The van der Waals surface area contributed by atoms with E-state index in [0.29, 0.717) is 5.56 Å². The van der Waals surface area contributed by atoms with Gasteiger partial charge in [0.05, 0.1) is 0 Å². The van der Waals surface area contributed by atoms with Gasteiger partial charge >= 0.3 is 5.97 Å². The van der Waals surface area contributed by atoms with Crippen LogP contribution < -0.4 is 0 Å². The van der Waals surface area contributed by atoms with E-state index in [-0.39, 0.29) is 0 Å². The Morgan fingerprint density at radius 3 is 2.29 bits per heavy atom. The summed E-state index contributed by atoms with van der Waals surface area (Å²) >= 11 is 0. The number of carbonyl (C=O) groups is 1. The van der Waals surface area contributed by atoms with E-state index in [1.54, 1.807) is 30.3 Å². The van der Waals surface area contributed by atoms with Gasteiger partial charge in [-0.3, -0.25) is 0 Å². The highest BCUT2D eigenvalue weighted by molar-refractivity contribution is 5.77. The van der Waals surface area contributed by atoms with Crippen molar-refractivity contribution in [2.75, 3.05) is 0 Å². The quantitative estimate of drug-likeness (QED) is 0.660. The molecule has 1 unspecified atom stereocenters. The van der Waals surface area contributed by atoms with Gasteiger partial charge in [0.15, 0.2) is 5.60 Å². The first-order valence-electron chi connectivity index (χ1n) is 4.15. The monoisotopic (exact) mass is 196 g/mol. The zero-order valence-electron chi connectivity index (χ0n) is 7.71. The van der Waals surface area contributed by atoms with Gasteiger partial charge in [-0.2, -0.15) is 0 Å². The Labute approximate surface area is 81.4 Å². The molecule has 0 radical (unpaired) electrons. The summed E-state index contributed by atoms with van der Waals surface area (Å²) in [6.07, 6.45) is -1.43. The molecule has 0 saturated carbocycles. The van der Waals surface area contributed by atoms with Crippen LogP contribution in [0.1, 0.15) is 18.6 Å².